The molecule has 8 rings (SSSR count). The molecule has 2 N–H and O–H groups in total. The van der Waals surface area contributed by atoms with Gasteiger partial charge in [0.2, 0.25) is 5.91 Å². The van der Waals surface area contributed by atoms with Gasteiger partial charge in [-0.1, -0.05) is 126 Å². The lowest BCUT2D eigenvalue weighted by Gasteiger charge is -2.33. The molecule has 2 aromatic heterocycles. The predicted molar refractivity (Wildman–Crippen MR) is 205 cm³/mol. The normalized spacial score (nSPS) is 16.6. The standard InChI is InChI=1S/C43H37ClN4O3/c1-27-37-40(47-51-27)38-36(44)25-24-35(34-23-12-11-22-33(34)28-14-5-2-6-15-28)41(38)48(43(37)50)32-21-13-20-31(26-32)46-42(49)39(29-16-7-3-8-17-29)45-30-18-9-4-10-19-30/h2-12,14-19,22-25,31-32,39,45H,13,20-21,26H2,1H3,(H,46,49). The minimum Gasteiger partial charge on any atom is -0.370 e. The molecule has 2 heterocycles. The molecule has 0 bridgehead atoms. The number of aromatic nitrogens is 2. The van der Waals surface area contributed by atoms with Crippen LogP contribution in [0.25, 0.3) is 44.1 Å². The number of fused-ring (bicyclic) bond motifs is 3. The Morgan fingerprint density at radius 1 is 0.804 bits per heavy atom. The SMILES string of the molecule is Cc1onc2c1c(=O)n(C1CCCC(NC(=O)C(Nc3ccccc3)c3ccccc3)C1)c1c(-c3ccccc3-c3ccccc3)ccc(Cl)c21. The van der Waals surface area contributed by atoms with E-state index in [2.05, 4.69) is 40.1 Å². The smallest absolute Gasteiger partial charge is 0.264 e. The molecule has 1 aliphatic carbocycles. The summed E-state index contributed by atoms with van der Waals surface area (Å²) in [5, 5.41) is 12.8. The molecule has 1 aliphatic rings. The van der Waals surface area contributed by atoms with Crippen LogP contribution in [-0.2, 0) is 4.79 Å². The number of hydrogen-bond donors (Lipinski definition) is 2. The number of rotatable bonds is 8. The molecule has 8 heteroatoms. The zero-order valence-corrected chi connectivity index (χ0v) is 28.9. The van der Waals surface area contributed by atoms with Crippen LogP contribution in [0.15, 0.2) is 137 Å². The average Bonchev–Trinajstić information content (AvgIpc) is 3.56. The van der Waals surface area contributed by atoms with Gasteiger partial charge in [0.25, 0.3) is 5.56 Å². The third-order valence-corrected chi connectivity index (χ3v) is 10.4. The third kappa shape index (κ3) is 6.19. The first-order valence-corrected chi connectivity index (χ1v) is 17.8. The van der Waals surface area contributed by atoms with Gasteiger partial charge in [-0.05, 0) is 73.1 Å². The summed E-state index contributed by atoms with van der Waals surface area (Å²) in [6.07, 6.45) is 2.99. The van der Waals surface area contributed by atoms with Crippen molar-refractivity contribution in [2.75, 3.05) is 5.32 Å². The Kier molecular flexibility index (Phi) is 8.88. The number of carbonyl (C=O) groups excluding carboxylic acids is 1. The molecular weight excluding hydrogens is 656 g/mol. The van der Waals surface area contributed by atoms with Crippen molar-refractivity contribution in [2.45, 2.75) is 50.7 Å². The van der Waals surface area contributed by atoms with Crippen LogP contribution in [-0.4, -0.2) is 21.7 Å². The van der Waals surface area contributed by atoms with Crippen molar-refractivity contribution in [1.82, 2.24) is 15.0 Å². The van der Waals surface area contributed by atoms with Crippen molar-refractivity contribution in [3.8, 4) is 22.3 Å². The molecule has 7 aromatic rings. The summed E-state index contributed by atoms with van der Waals surface area (Å²) in [4.78, 5) is 28.8. The van der Waals surface area contributed by atoms with Crippen molar-refractivity contribution in [2.24, 2.45) is 0 Å². The van der Waals surface area contributed by atoms with Gasteiger partial charge >= 0.3 is 0 Å². The number of amides is 1. The third-order valence-electron chi connectivity index (χ3n) is 10.0. The zero-order valence-electron chi connectivity index (χ0n) is 28.2. The van der Waals surface area contributed by atoms with Gasteiger partial charge in [0.05, 0.1) is 10.5 Å². The molecule has 0 saturated heterocycles. The highest BCUT2D eigenvalue weighted by Crippen LogP contribution is 2.42. The van der Waals surface area contributed by atoms with Crippen LogP contribution in [0.3, 0.4) is 0 Å². The van der Waals surface area contributed by atoms with Crippen molar-refractivity contribution in [3.63, 3.8) is 0 Å². The summed E-state index contributed by atoms with van der Waals surface area (Å²) < 4.78 is 7.56. The zero-order chi connectivity index (χ0) is 34.9. The van der Waals surface area contributed by atoms with Gasteiger partial charge in [-0.3, -0.25) is 9.59 Å². The number of carbonyl (C=O) groups is 1. The van der Waals surface area contributed by atoms with E-state index >= 15 is 0 Å². The number of nitrogens with zero attached hydrogens (tertiary/aromatic N) is 2. The number of benzene rings is 5. The maximum absolute atomic E-state index is 14.7. The maximum atomic E-state index is 14.7. The monoisotopic (exact) mass is 692 g/mol. The summed E-state index contributed by atoms with van der Waals surface area (Å²) in [7, 11) is 0. The van der Waals surface area contributed by atoms with Crippen molar-refractivity contribution in [3.05, 3.63) is 154 Å². The van der Waals surface area contributed by atoms with Crippen LogP contribution in [0.5, 0.6) is 0 Å². The molecule has 51 heavy (non-hydrogen) atoms. The topological polar surface area (TPSA) is 89.2 Å². The van der Waals surface area contributed by atoms with Crippen LogP contribution in [0.2, 0.25) is 5.02 Å². The van der Waals surface area contributed by atoms with E-state index in [0.717, 1.165) is 58.3 Å². The lowest BCUT2D eigenvalue weighted by molar-refractivity contribution is -0.123. The fourth-order valence-electron chi connectivity index (χ4n) is 7.67. The van der Waals surface area contributed by atoms with E-state index in [0.29, 0.717) is 33.5 Å². The van der Waals surface area contributed by atoms with Gasteiger partial charge in [-0.2, -0.15) is 0 Å². The molecule has 7 nitrogen and oxygen atoms in total. The Balaban J connectivity index is 1.22. The molecule has 5 aromatic carbocycles. The Hall–Kier alpha value is -5.66. The largest absolute Gasteiger partial charge is 0.370 e. The molecule has 254 valence electrons. The Morgan fingerprint density at radius 2 is 1.47 bits per heavy atom. The second-order valence-electron chi connectivity index (χ2n) is 13.2. The fraction of sp³-hybridized carbons (Fsp3) is 0.186. The Labute approximate surface area is 300 Å². The van der Waals surface area contributed by atoms with Gasteiger partial charge in [0.15, 0.2) is 0 Å². The lowest BCUT2D eigenvalue weighted by Crippen LogP contribution is -2.43. The Morgan fingerprint density at radius 3 is 2.22 bits per heavy atom. The quantitative estimate of drug-likeness (QED) is 0.166. The van der Waals surface area contributed by atoms with Crippen LogP contribution in [0, 0.1) is 6.92 Å². The van der Waals surface area contributed by atoms with Crippen LogP contribution < -0.4 is 16.2 Å². The molecule has 3 atom stereocenters. The van der Waals surface area contributed by atoms with Gasteiger partial charge in [-0.15, -0.1) is 0 Å². The molecular formula is C43H37ClN4O3. The molecule has 1 saturated carbocycles. The minimum absolute atomic E-state index is 0.112. The first-order valence-electron chi connectivity index (χ1n) is 17.4. The molecule has 0 radical (unpaired) electrons. The molecule has 0 spiro atoms. The van der Waals surface area contributed by atoms with Crippen molar-refractivity contribution < 1.29 is 9.32 Å². The van der Waals surface area contributed by atoms with E-state index in [1.807, 2.05) is 108 Å². The fourth-order valence-corrected chi connectivity index (χ4v) is 7.91. The number of nitrogens with one attached hydrogen (secondary N) is 2. The van der Waals surface area contributed by atoms with E-state index in [1.54, 1.807) is 6.92 Å². The number of hydrogen-bond acceptors (Lipinski definition) is 5. The molecule has 1 amide bonds. The number of aryl methyl sites for hydroxylation is 1. The van der Waals surface area contributed by atoms with E-state index < -0.39 is 6.04 Å². The van der Waals surface area contributed by atoms with Gasteiger partial charge in [-0.25, -0.2) is 0 Å². The van der Waals surface area contributed by atoms with E-state index in [-0.39, 0.29) is 23.6 Å². The average molecular weight is 693 g/mol. The summed E-state index contributed by atoms with van der Waals surface area (Å²) >= 11 is 7.02. The van der Waals surface area contributed by atoms with Crippen LogP contribution >= 0.6 is 11.6 Å². The number of anilines is 1. The number of pyridine rings is 1. The summed E-state index contributed by atoms with van der Waals surface area (Å²) in [5.74, 6) is 0.342. The second kappa shape index (κ2) is 13.9. The molecule has 3 unspecified atom stereocenters. The van der Waals surface area contributed by atoms with E-state index in [1.165, 1.54) is 0 Å². The maximum Gasteiger partial charge on any atom is 0.264 e. The Bertz CT molecular complexity index is 2410. The van der Waals surface area contributed by atoms with E-state index in [4.69, 9.17) is 16.1 Å². The minimum atomic E-state index is -0.589. The van der Waals surface area contributed by atoms with Gasteiger partial charge in [0.1, 0.15) is 22.7 Å². The van der Waals surface area contributed by atoms with Crippen LogP contribution in [0.4, 0.5) is 5.69 Å². The number of para-hydroxylation sites is 1. The summed E-state index contributed by atoms with van der Waals surface area (Å²) in [5.41, 5.74) is 6.74. The highest BCUT2D eigenvalue weighted by molar-refractivity contribution is 6.38. The first kappa shape index (κ1) is 32.5. The van der Waals surface area contributed by atoms with Crippen LogP contribution in [0.1, 0.15) is 49.1 Å². The first-order chi connectivity index (χ1) is 25.0. The predicted octanol–water partition coefficient (Wildman–Crippen LogP) is 9.89. The second-order valence-corrected chi connectivity index (χ2v) is 13.7. The molecule has 1 fully saturated rings. The van der Waals surface area contributed by atoms with Gasteiger partial charge in [0, 0.05) is 28.7 Å². The highest BCUT2D eigenvalue weighted by atomic mass is 35.5. The van der Waals surface area contributed by atoms with E-state index in [9.17, 15) is 9.59 Å². The summed E-state index contributed by atoms with van der Waals surface area (Å²) in [6.45, 7) is 1.77. The van der Waals surface area contributed by atoms with Gasteiger partial charge < -0.3 is 19.7 Å². The van der Waals surface area contributed by atoms with Crippen molar-refractivity contribution >= 4 is 45.0 Å². The van der Waals surface area contributed by atoms with Crippen molar-refractivity contribution in [1.29, 1.82) is 0 Å². The lowest BCUT2D eigenvalue weighted by atomic mass is 9.88. The molecule has 0 aliphatic heterocycles. The highest BCUT2D eigenvalue weighted by Gasteiger charge is 2.32. The summed E-state index contributed by atoms with van der Waals surface area (Å²) in [6, 6.07) is 40.9. The number of halogens is 1.